The quantitative estimate of drug-likeness (QED) is 0.695. The molecule has 0 aliphatic rings. The van der Waals surface area contributed by atoms with Gasteiger partial charge in [0, 0.05) is 30.2 Å². The van der Waals surface area contributed by atoms with Gasteiger partial charge in [-0.15, -0.1) is 0 Å². The predicted molar refractivity (Wildman–Crippen MR) is 89.9 cm³/mol. The molecule has 0 spiro atoms. The Morgan fingerprint density at radius 2 is 0.789 bits per heavy atom. The van der Waals surface area contributed by atoms with Crippen LogP contribution < -0.4 is 0 Å². The molecule has 118 valence electrons. The van der Waals surface area contributed by atoms with Gasteiger partial charge in [-0.3, -0.25) is 9.80 Å². The van der Waals surface area contributed by atoms with E-state index in [0.717, 1.165) is 6.54 Å². The van der Waals surface area contributed by atoms with E-state index in [1.165, 1.54) is 0 Å². The van der Waals surface area contributed by atoms with Gasteiger partial charge < -0.3 is 0 Å². The first-order valence-corrected chi connectivity index (χ1v) is 8.09. The Bertz CT molecular complexity index is 168. The van der Waals surface area contributed by atoms with E-state index >= 15 is 0 Å². The lowest BCUT2D eigenvalue weighted by molar-refractivity contribution is 0.133. The summed E-state index contributed by atoms with van der Waals surface area (Å²) in [6.45, 7) is 25.8. The monoisotopic (exact) mass is 272 g/mol. The zero-order valence-corrected chi connectivity index (χ0v) is 15.5. The average Bonchev–Trinajstić information content (AvgIpc) is 2.15. The van der Waals surface area contributed by atoms with Gasteiger partial charge in [-0.2, -0.15) is 0 Å². The van der Waals surface area contributed by atoms with E-state index in [2.05, 4.69) is 86.0 Å². The molecule has 0 aliphatic heterocycles. The number of hydrogen-bond acceptors (Lipinski definition) is 2. The van der Waals surface area contributed by atoms with E-state index in [-0.39, 0.29) is 0 Å². The molecule has 0 aromatic heterocycles. The highest BCUT2D eigenvalue weighted by molar-refractivity contribution is 4.70. The molecule has 0 aromatic carbocycles. The van der Waals surface area contributed by atoms with Crippen molar-refractivity contribution in [1.29, 1.82) is 0 Å². The molecule has 2 heteroatoms. The molecule has 0 radical (unpaired) electrons. The van der Waals surface area contributed by atoms with Gasteiger partial charge in [0.05, 0.1) is 0 Å². The summed E-state index contributed by atoms with van der Waals surface area (Å²) in [5.41, 5.74) is 0. The summed E-state index contributed by atoms with van der Waals surface area (Å²) in [6, 6.07) is 3.38. The predicted octanol–water partition coefficient (Wildman–Crippen LogP) is 4.64. The maximum atomic E-state index is 2.50. The average molecular weight is 273 g/mol. The molecule has 0 aromatic rings. The lowest BCUT2D eigenvalue weighted by atomic mass is 10.2. The van der Waals surface area contributed by atoms with E-state index < -0.39 is 0 Å². The van der Waals surface area contributed by atoms with Gasteiger partial charge in [0.15, 0.2) is 0 Å². The number of nitrogens with zero attached hydrogens (tertiary/aromatic N) is 2. The second kappa shape index (κ2) is 10.7. The zero-order chi connectivity index (χ0) is 15.7. The molecule has 0 saturated carbocycles. The van der Waals surface area contributed by atoms with Crippen LogP contribution in [0.15, 0.2) is 0 Å². The minimum absolute atomic E-state index is 0.667. The molecule has 0 rings (SSSR count). The molecule has 0 saturated heterocycles. The summed E-state index contributed by atoms with van der Waals surface area (Å²) < 4.78 is 0. The van der Waals surface area contributed by atoms with Crippen molar-refractivity contribution >= 4 is 0 Å². The topological polar surface area (TPSA) is 6.48 Å². The summed E-state index contributed by atoms with van der Waals surface area (Å²) >= 11 is 0. The second-order valence-electron chi connectivity index (χ2n) is 6.75. The normalized spacial score (nSPS) is 12.3. The van der Waals surface area contributed by atoms with Crippen molar-refractivity contribution in [2.24, 2.45) is 0 Å². The van der Waals surface area contributed by atoms with Gasteiger partial charge in [0.25, 0.3) is 0 Å². The van der Waals surface area contributed by atoms with Gasteiger partial charge in [-0.1, -0.05) is 6.92 Å². The van der Waals surface area contributed by atoms with Gasteiger partial charge in [-0.25, -0.2) is 0 Å². The molecular weight excluding hydrogens is 232 g/mol. The SMILES string of the molecule is CC(C)N(C(C)C)C(C)C.CCN(C(C)C)C(C)C. The first kappa shape index (κ1) is 21.2. The van der Waals surface area contributed by atoms with Crippen molar-refractivity contribution < 1.29 is 0 Å². The standard InChI is InChI=1S/C9H21N.C8H19N/c1-7(2)10(8(3)4)9(5)6;1-6-9(7(2)3)8(4)5/h7-9H,1-6H3;7-8H,6H2,1-5H3. The Hall–Kier alpha value is -0.0800. The van der Waals surface area contributed by atoms with Gasteiger partial charge in [-0.05, 0) is 75.8 Å². The molecule has 0 atom stereocenters. The highest BCUT2D eigenvalue weighted by Crippen LogP contribution is 2.09. The number of hydrogen-bond donors (Lipinski definition) is 0. The van der Waals surface area contributed by atoms with Gasteiger partial charge >= 0.3 is 0 Å². The van der Waals surface area contributed by atoms with Crippen LogP contribution in [0.1, 0.15) is 76.2 Å². The first-order valence-electron chi connectivity index (χ1n) is 8.09. The van der Waals surface area contributed by atoms with Crippen LogP contribution in [-0.4, -0.2) is 46.6 Å². The largest absolute Gasteiger partial charge is 0.299 e. The van der Waals surface area contributed by atoms with Crippen LogP contribution in [0.4, 0.5) is 0 Å². The summed E-state index contributed by atoms with van der Waals surface area (Å²) in [6.07, 6.45) is 0. The maximum Gasteiger partial charge on any atom is 0.00439 e. The molecular formula is C17H40N2. The van der Waals surface area contributed by atoms with E-state index in [1.54, 1.807) is 0 Å². The molecule has 0 bridgehead atoms. The van der Waals surface area contributed by atoms with Crippen LogP contribution in [0, 0.1) is 0 Å². The lowest BCUT2D eigenvalue weighted by Gasteiger charge is -2.34. The summed E-state index contributed by atoms with van der Waals surface area (Å²) in [5, 5.41) is 0. The van der Waals surface area contributed by atoms with Crippen LogP contribution in [0.5, 0.6) is 0 Å². The van der Waals surface area contributed by atoms with E-state index in [4.69, 9.17) is 0 Å². The smallest absolute Gasteiger partial charge is 0.00439 e. The van der Waals surface area contributed by atoms with Crippen LogP contribution in [-0.2, 0) is 0 Å². The van der Waals surface area contributed by atoms with Crippen LogP contribution in [0.2, 0.25) is 0 Å². The highest BCUT2D eigenvalue weighted by Gasteiger charge is 2.15. The summed E-state index contributed by atoms with van der Waals surface area (Å²) in [7, 11) is 0. The lowest BCUT2D eigenvalue weighted by Crippen LogP contribution is -2.42. The molecule has 19 heavy (non-hydrogen) atoms. The van der Waals surface area contributed by atoms with Crippen LogP contribution >= 0.6 is 0 Å². The second-order valence-corrected chi connectivity index (χ2v) is 6.75. The third-order valence-electron chi connectivity index (χ3n) is 3.48. The fraction of sp³-hybridized carbons (Fsp3) is 1.00. The summed E-state index contributed by atoms with van der Waals surface area (Å²) in [5.74, 6) is 0. The van der Waals surface area contributed by atoms with Crippen molar-refractivity contribution in [2.45, 2.75) is 106 Å². The van der Waals surface area contributed by atoms with Crippen molar-refractivity contribution in [3.05, 3.63) is 0 Å². The van der Waals surface area contributed by atoms with E-state index in [1.807, 2.05) is 0 Å². The van der Waals surface area contributed by atoms with Gasteiger partial charge in [0.1, 0.15) is 0 Å². The Kier molecular flexibility index (Phi) is 11.9. The molecule has 0 fully saturated rings. The fourth-order valence-corrected chi connectivity index (χ4v) is 3.12. The molecule has 0 amide bonds. The maximum absolute atomic E-state index is 2.50. The van der Waals surface area contributed by atoms with Crippen LogP contribution in [0.25, 0.3) is 0 Å². The molecule has 0 heterocycles. The Morgan fingerprint density at radius 3 is 0.789 bits per heavy atom. The Labute approximate surface area is 123 Å². The minimum atomic E-state index is 0.667. The first-order chi connectivity index (χ1) is 8.56. The molecule has 0 aliphatic carbocycles. The van der Waals surface area contributed by atoms with Crippen molar-refractivity contribution in [1.82, 2.24) is 9.80 Å². The molecule has 2 nitrogen and oxygen atoms in total. The van der Waals surface area contributed by atoms with E-state index in [0.29, 0.717) is 30.2 Å². The molecule has 0 N–H and O–H groups in total. The Balaban J connectivity index is 0. The fourth-order valence-electron chi connectivity index (χ4n) is 3.12. The minimum Gasteiger partial charge on any atom is -0.299 e. The van der Waals surface area contributed by atoms with Crippen molar-refractivity contribution in [2.75, 3.05) is 6.54 Å². The van der Waals surface area contributed by atoms with E-state index in [9.17, 15) is 0 Å². The Morgan fingerprint density at radius 1 is 0.526 bits per heavy atom. The highest BCUT2D eigenvalue weighted by atomic mass is 15.2. The third kappa shape index (κ3) is 9.45. The van der Waals surface area contributed by atoms with Gasteiger partial charge in [0.2, 0.25) is 0 Å². The summed E-state index contributed by atoms with van der Waals surface area (Å²) in [4.78, 5) is 4.96. The molecule has 0 unspecified atom stereocenters. The van der Waals surface area contributed by atoms with Crippen molar-refractivity contribution in [3.8, 4) is 0 Å². The number of rotatable bonds is 6. The van der Waals surface area contributed by atoms with Crippen molar-refractivity contribution in [3.63, 3.8) is 0 Å². The third-order valence-corrected chi connectivity index (χ3v) is 3.48. The van der Waals surface area contributed by atoms with Crippen LogP contribution in [0.3, 0.4) is 0 Å². The zero-order valence-electron chi connectivity index (χ0n) is 15.5.